The maximum Gasteiger partial charge on any atom is 0.271 e. The van der Waals surface area contributed by atoms with Gasteiger partial charge in [-0.05, 0) is 49.5 Å². The van der Waals surface area contributed by atoms with E-state index in [-0.39, 0.29) is 29.4 Å². The number of amides is 1. The Hall–Kier alpha value is -2.45. The van der Waals surface area contributed by atoms with Crippen molar-refractivity contribution in [3.63, 3.8) is 0 Å². The second-order valence-corrected chi connectivity index (χ2v) is 6.66. The lowest BCUT2D eigenvalue weighted by Crippen LogP contribution is -2.43. The van der Waals surface area contributed by atoms with Crippen molar-refractivity contribution in [2.24, 2.45) is 5.41 Å². The van der Waals surface area contributed by atoms with Crippen LogP contribution in [0.2, 0.25) is 0 Å². The number of halogens is 1. The number of nitro benzene ring substituents is 1. The summed E-state index contributed by atoms with van der Waals surface area (Å²) in [5.41, 5.74) is 1.12. The van der Waals surface area contributed by atoms with Gasteiger partial charge in [0.2, 0.25) is 0 Å². The van der Waals surface area contributed by atoms with Gasteiger partial charge < -0.3 is 10.6 Å². The number of hydrogen-bond acceptors (Lipinski definition) is 5. The van der Waals surface area contributed by atoms with Gasteiger partial charge >= 0.3 is 0 Å². The number of nitro groups is 1. The van der Waals surface area contributed by atoms with E-state index in [1.54, 1.807) is 24.4 Å². The molecule has 1 fully saturated rings. The van der Waals surface area contributed by atoms with Crippen LogP contribution in [0.5, 0.6) is 0 Å². The van der Waals surface area contributed by atoms with Crippen LogP contribution in [0.1, 0.15) is 30.3 Å². The smallest absolute Gasteiger partial charge is 0.271 e. The average molecular weight is 380 g/mol. The highest BCUT2D eigenvalue weighted by molar-refractivity contribution is 5.92. The van der Waals surface area contributed by atoms with E-state index < -0.39 is 4.92 Å². The van der Waals surface area contributed by atoms with Gasteiger partial charge in [0.25, 0.3) is 11.6 Å². The molecule has 0 spiro atoms. The van der Waals surface area contributed by atoms with Crippen LogP contribution in [0.25, 0.3) is 5.69 Å². The summed E-state index contributed by atoms with van der Waals surface area (Å²) in [6.07, 6.45) is 3.73. The molecule has 0 radical (unpaired) electrons. The van der Waals surface area contributed by atoms with E-state index in [1.807, 2.05) is 0 Å². The highest BCUT2D eigenvalue weighted by atomic mass is 35.5. The van der Waals surface area contributed by atoms with Crippen LogP contribution >= 0.6 is 12.4 Å². The van der Waals surface area contributed by atoms with E-state index >= 15 is 0 Å². The van der Waals surface area contributed by atoms with Crippen LogP contribution < -0.4 is 10.6 Å². The molecule has 8 nitrogen and oxygen atoms in total. The normalized spacial score (nSPS) is 15.7. The van der Waals surface area contributed by atoms with Gasteiger partial charge in [-0.15, -0.1) is 12.4 Å². The van der Waals surface area contributed by atoms with E-state index in [2.05, 4.69) is 22.7 Å². The van der Waals surface area contributed by atoms with E-state index in [0.717, 1.165) is 25.9 Å². The molecule has 1 saturated heterocycles. The Balaban J connectivity index is 0.00000243. The summed E-state index contributed by atoms with van der Waals surface area (Å²) >= 11 is 0. The minimum absolute atomic E-state index is 0. The fourth-order valence-electron chi connectivity index (χ4n) is 2.91. The fraction of sp³-hybridized carbons (Fsp3) is 0.412. The van der Waals surface area contributed by atoms with Crippen molar-refractivity contribution in [2.45, 2.75) is 19.8 Å². The first-order chi connectivity index (χ1) is 12.0. The van der Waals surface area contributed by atoms with Crippen molar-refractivity contribution >= 4 is 24.0 Å². The first kappa shape index (κ1) is 19.9. The Morgan fingerprint density at radius 1 is 1.31 bits per heavy atom. The molecule has 1 aromatic carbocycles. The summed E-state index contributed by atoms with van der Waals surface area (Å²) in [7, 11) is 0. The van der Waals surface area contributed by atoms with E-state index in [9.17, 15) is 14.9 Å². The number of rotatable bonds is 5. The molecule has 0 atom stereocenters. The summed E-state index contributed by atoms with van der Waals surface area (Å²) in [5, 5.41) is 21.2. The molecular weight excluding hydrogens is 358 g/mol. The van der Waals surface area contributed by atoms with Gasteiger partial charge in [-0.2, -0.15) is 5.10 Å². The van der Waals surface area contributed by atoms with Gasteiger partial charge in [0, 0.05) is 24.9 Å². The number of hydrogen-bond donors (Lipinski definition) is 2. The number of piperidine rings is 1. The monoisotopic (exact) mass is 379 g/mol. The molecule has 9 heteroatoms. The highest BCUT2D eigenvalue weighted by Gasteiger charge is 2.27. The Morgan fingerprint density at radius 2 is 1.96 bits per heavy atom. The number of non-ortho nitro benzene ring substituents is 1. The zero-order valence-corrected chi connectivity index (χ0v) is 15.3. The minimum Gasteiger partial charge on any atom is -0.350 e. The molecule has 3 rings (SSSR count). The lowest BCUT2D eigenvalue weighted by Gasteiger charge is -2.34. The number of nitrogens with zero attached hydrogens (tertiary/aromatic N) is 3. The van der Waals surface area contributed by atoms with Gasteiger partial charge in [-0.3, -0.25) is 14.9 Å². The standard InChI is InChI=1S/C17H21N5O3.ClH/c1-17(7-9-18-10-8-17)12-19-16(23)15-6-11-21(20-15)13-2-4-14(5-3-13)22(24)25;/h2-6,11,18H,7-10,12H2,1H3,(H,19,23);1H. The Morgan fingerprint density at radius 3 is 2.58 bits per heavy atom. The van der Waals surface area contributed by atoms with Gasteiger partial charge in [-0.1, -0.05) is 6.92 Å². The summed E-state index contributed by atoms with van der Waals surface area (Å²) < 4.78 is 1.53. The fourth-order valence-corrected chi connectivity index (χ4v) is 2.91. The maximum absolute atomic E-state index is 12.3. The van der Waals surface area contributed by atoms with E-state index in [4.69, 9.17) is 0 Å². The lowest BCUT2D eigenvalue weighted by molar-refractivity contribution is -0.384. The van der Waals surface area contributed by atoms with Crippen LogP contribution in [-0.2, 0) is 0 Å². The zero-order valence-electron chi connectivity index (χ0n) is 14.5. The molecule has 2 aromatic rings. The molecule has 0 saturated carbocycles. The molecule has 1 amide bonds. The number of benzene rings is 1. The van der Waals surface area contributed by atoms with Crippen LogP contribution in [0.4, 0.5) is 5.69 Å². The molecule has 1 aromatic heterocycles. The topological polar surface area (TPSA) is 102 Å². The predicted octanol–water partition coefficient (Wildman–Crippen LogP) is 2.32. The van der Waals surface area contributed by atoms with E-state index in [0.29, 0.717) is 17.9 Å². The van der Waals surface area contributed by atoms with Crippen molar-refractivity contribution in [1.82, 2.24) is 20.4 Å². The quantitative estimate of drug-likeness (QED) is 0.613. The average Bonchev–Trinajstić information content (AvgIpc) is 3.11. The Labute approximate surface area is 157 Å². The lowest BCUT2D eigenvalue weighted by atomic mass is 9.81. The van der Waals surface area contributed by atoms with Crippen molar-refractivity contribution in [2.75, 3.05) is 19.6 Å². The largest absolute Gasteiger partial charge is 0.350 e. The number of nitrogens with one attached hydrogen (secondary N) is 2. The minimum atomic E-state index is -0.451. The van der Waals surface area contributed by atoms with Crippen LogP contribution in [0, 0.1) is 15.5 Å². The third-order valence-corrected chi connectivity index (χ3v) is 4.63. The molecule has 2 heterocycles. The van der Waals surface area contributed by atoms with Gasteiger partial charge in [0.05, 0.1) is 10.6 Å². The van der Waals surface area contributed by atoms with E-state index in [1.165, 1.54) is 16.8 Å². The van der Waals surface area contributed by atoms with Gasteiger partial charge in [-0.25, -0.2) is 4.68 Å². The Kier molecular flexibility index (Phi) is 6.33. The third-order valence-electron chi connectivity index (χ3n) is 4.63. The van der Waals surface area contributed by atoms with Crippen molar-refractivity contribution < 1.29 is 9.72 Å². The SMILES string of the molecule is CC1(CNC(=O)c2ccn(-c3ccc([N+](=O)[O-])cc3)n2)CCNCC1.Cl. The number of aromatic nitrogens is 2. The van der Waals surface area contributed by atoms with Crippen molar-refractivity contribution in [3.05, 3.63) is 52.3 Å². The molecule has 2 N–H and O–H groups in total. The van der Waals surface area contributed by atoms with Gasteiger partial charge in [0.15, 0.2) is 5.69 Å². The molecule has 0 unspecified atom stereocenters. The summed E-state index contributed by atoms with van der Waals surface area (Å²) in [6, 6.07) is 7.66. The van der Waals surface area contributed by atoms with Crippen LogP contribution in [-0.4, -0.2) is 40.2 Å². The molecular formula is C17H22ClN5O3. The molecule has 1 aliphatic heterocycles. The zero-order chi connectivity index (χ0) is 17.9. The first-order valence-corrected chi connectivity index (χ1v) is 8.26. The van der Waals surface area contributed by atoms with Crippen molar-refractivity contribution in [3.8, 4) is 5.69 Å². The first-order valence-electron chi connectivity index (χ1n) is 8.26. The third kappa shape index (κ3) is 4.59. The molecule has 0 aliphatic carbocycles. The Bertz CT molecular complexity index is 769. The highest BCUT2D eigenvalue weighted by Crippen LogP contribution is 2.26. The van der Waals surface area contributed by atoms with Crippen molar-refractivity contribution in [1.29, 1.82) is 0 Å². The second-order valence-electron chi connectivity index (χ2n) is 6.66. The summed E-state index contributed by atoms with van der Waals surface area (Å²) in [6.45, 7) is 4.75. The molecule has 26 heavy (non-hydrogen) atoms. The summed E-state index contributed by atoms with van der Waals surface area (Å²) in [4.78, 5) is 22.6. The number of carbonyl (C=O) groups excluding carboxylic acids is 1. The van der Waals surface area contributed by atoms with Gasteiger partial charge in [0.1, 0.15) is 0 Å². The van der Waals surface area contributed by atoms with Crippen LogP contribution in [0.3, 0.4) is 0 Å². The molecule has 0 bridgehead atoms. The second kappa shape index (κ2) is 8.29. The maximum atomic E-state index is 12.3. The predicted molar refractivity (Wildman–Crippen MR) is 100 cm³/mol. The molecule has 140 valence electrons. The summed E-state index contributed by atoms with van der Waals surface area (Å²) in [5.74, 6) is -0.208. The molecule has 1 aliphatic rings. The van der Waals surface area contributed by atoms with Crippen LogP contribution in [0.15, 0.2) is 36.5 Å². The number of carbonyl (C=O) groups is 1.